The van der Waals surface area contributed by atoms with Gasteiger partial charge in [-0.05, 0) is 36.6 Å². The zero-order chi connectivity index (χ0) is 16.2. The van der Waals surface area contributed by atoms with E-state index in [9.17, 15) is 4.79 Å². The van der Waals surface area contributed by atoms with Gasteiger partial charge in [0.05, 0.1) is 6.54 Å². The van der Waals surface area contributed by atoms with E-state index >= 15 is 0 Å². The van der Waals surface area contributed by atoms with Crippen molar-refractivity contribution in [3.8, 4) is 0 Å². The molecule has 23 heavy (non-hydrogen) atoms. The molecule has 6 nitrogen and oxygen atoms in total. The summed E-state index contributed by atoms with van der Waals surface area (Å²) in [5, 5.41) is 11.2. The third-order valence-corrected chi connectivity index (χ3v) is 3.79. The van der Waals surface area contributed by atoms with Crippen molar-refractivity contribution in [2.75, 3.05) is 0 Å². The largest absolute Gasteiger partial charge is 0.347 e. The Morgan fingerprint density at radius 2 is 1.87 bits per heavy atom. The molecule has 3 aromatic heterocycles. The van der Waals surface area contributed by atoms with Crippen LogP contribution in [0, 0.1) is 5.92 Å². The smallest absolute Gasteiger partial charge is 0.243 e. The molecule has 3 aromatic rings. The van der Waals surface area contributed by atoms with E-state index in [2.05, 4.69) is 29.4 Å². The molecule has 0 aliphatic heterocycles. The fourth-order valence-electron chi connectivity index (χ4n) is 2.66. The predicted octanol–water partition coefficient (Wildman–Crippen LogP) is 2.43. The Balaban J connectivity index is 1.72. The third kappa shape index (κ3) is 3.41. The molecule has 1 atom stereocenters. The van der Waals surface area contributed by atoms with Crippen LogP contribution in [-0.2, 0) is 11.3 Å². The van der Waals surface area contributed by atoms with Gasteiger partial charge in [-0.1, -0.05) is 19.9 Å². The molecule has 0 fully saturated rings. The fraction of sp³-hybridized carbons (Fsp3) is 0.353. The van der Waals surface area contributed by atoms with Gasteiger partial charge in [-0.2, -0.15) is 0 Å². The molecule has 0 bridgehead atoms. The molecule has 3 rings (SSSR count). The molecule has 1 amide bonds. The van der Waals surface area contributed by atoms with Crippen molar-refractivity contribution in [3.05, 3.63) is 54.7 Å². The molecule has 0 saturated carbocycles. The van der Waals surface area contributed by atoms with Gasteiger partial charge in [0.1, 0.15) is 6.04 Å². The van der Waals surface area contributed by atoms with Crippen LogP contribution in [0.15, 0.2) is 48.9 Å². The van der Waals surface area contributed by atoms with E-state index in [4.69, 9.17) is 0 Å². The monoisotopic (exact) mass is 311 g/mol. The molecule has 0 aliphatic carbocycles. The molecule has 6 heteroatoms. The molecule has 0 aromatic carbocycles. The van der Waals surface area contributed by atoms with E-state index in [1.807, 2.05) is 57.9 Å². The molecular weight excluding hydrogens is 290 g/mol. The Labute approximate surface area is 135 Å². The van der Waals surface area contributed by atoms with Gasteiger partial charge in [0.25, 0.3) is 0 Å². The molecule has 0 radical (unpaired) electrons. The first kappa shape index (κ1) is 15.3. The molecule has 1 N–H and O–H groups in total. The number of carbonyl (C=O) groups is 1. The highest BCUT2D eigenvalue weighted by Gasteiger charge is 2.21. The van der Waals surface area contributed by atoms with Crippen LogP contribution in [0.3, 0.4) is 0 Å². The maximum Gasteiger partial charge on any atom is 0.243 e. The van der Waals surface area contributed by atoms with Gasteiger partial charge in [0.15, 0.2) is 11.5 Å². The van der Waals surface area contributed by atoms with E-state index in [1.54, 1.807) is 0 Å². The van der Waals surface area contributed by atoms with Crippen molar-refractivity contribution in [1.82, 2.24) is 24.5 Å². The summed E-state index contributed by atoms with van der Waals surface area (Å²) in [4.78, 5) is 12.6. The van der Waals surface area contributed by atoms with Gasteiger partial charge < -0.3 is 9.88 Å². The molecule has 0 unspecified atom stereocenters. The first-order valence-electron chi connectivity index (χ1n) is 7.84. The van der Waals surface area contributed by atoms with Crippen LogP contribution < -0.4 is 5.32 Å². The predicted molar refractivity (Wildman–Crippen MR) is 87.8 cm³/mol. The molecule has 3 heterocycles. The number of rotatable bonds is 6. The highest BCUT2D eigenvalue weighted by atomic mass is 16.2. The van der Waals surface area contributed by atoms with Crippen molar-refractivity contribution in [1.29, 1.82) is 0 Å². The van der Waals surface area contributed by atoms with Gasteiger partial charge in [0, 0.05) is 18.6 Å². The van der Waals surface area contributed by atoms with E-state index in [0.29, 0.717) is 12.5 Å². The number of hydrogen-bond donors (Lipinski definition) is 1. The number of nitrogens with zero attached hydrogens (tertiary/aromatic N) is 4. The van der Waals surface area contributed by atoms with Gasteiger partial charge in [0.2, 0.25) is 5.91 Å². The maximum absolute atomic E-state index is 12.6. The van der Waals surface area contributed by atoms with Gasteiger partial charge >= 0.3 is 0 Å². The van der Waals surface area contributed by atoms with E-state index < -0.39 is 0 Å². The Hall–Kier alpha value is -2.63. The first-order chi connectivity index (χ1) is 11.1. The average molecular weight is 311 g/mol. The Morgan fingerprint density at radius 1 is 1.13 bits per heavy atom. The van der Waals surface area contributed by atoms with Gasteiger partial charge in [-0.15, -0.1) is 10.2 Å². The van der Waals surface area contributed by atoms with Crippen molar-refractivity contribution >= 4 is 11.6 Å². The van der Waals surface area contributed by atoms with Crippen LogP contribution in [0.4, 0.5) is 0 Å². The number of amides is 1. The van der Waals surface area contributed by atoms with Gasteiger partial charge in [-0.3, -0.25) is 9.20 Å². The van der Waals surface area contributed by atoms with E-state index in [1.165, 1.54) is 0 Å². The molecule has 120 valence electrons. The Bertz CT molecular complexity index is 775. The second kappa shape index (κ2) is 6.64. The summed E-state index contributed by atoms with van der Waals surface area (Å²) in [6, 6.07) is 9.39. The van der Waals surface area contributed by atoms with Crippen molar-refractivity contribution in [2.24, 2.45) is 5.92 Å². The summed E-state index contributed by atoms with van der Waals surface area (Å²) >= 11 is 0. The van der Waals surface area contributed by atoms with Crippen LogP contribution in [0.1, 0.15) is 32.1 Å². The van der Waals surface area contributed by atoms with Crippen molar-refractivity contribution < 1.29 is 4.79 Å². The Morgan fingerprint density at radius 3 is 2.61 bits per heavy atom. The van der Waals surface area contributed by atoms with Crippen LogP contribution in [0.2, 0.25) is 0 Å². The Kier molecular flexibility index (Phi) is 4.41. The standard InChI is InChI=1S/C17H21N5O/c1-13(2)11-14(21-8-5-6-9-21)17(23)18-12-16-20-19-15-7-3-4-10-22(15)16/h3-10,13-14H,11-12H2,1-2H3,(H,18,23)/t14-/m1/s1. The second-order valence-corrected chi connectivity index (χ2v) is 6.04. The highest BCUT2D eigenvalue weighted by molar-refractivity contribution is 5.80. The number of pyridine rings is 1. The minimum atomic E-state index is -0.204. The van der Waals surface area contributed by atoms with Crippen molar-refractivity contribution in [2.45, 2.75) is 32.9 Å². The van der Waals surface area contributed by atoms with Crippen LogP contribution in [0.25, 0.3) is 5.65 Å². The first-order valence-corrected chi connectivity index (χ1v) is 7.84. The highest BCUT2D eigenvalue weighted by Crippen LogP contribution is 2.18. The number of carbonyl (C=O) groups excluding carboxylic acids is 1. The van der Waals surface area contributed by atoms with Crippen LogP contribution >= 0.6 is 0 Å². The third-order valence-electron chi connectivity index (χ3n) is 3.79. The SMILES string of the molecule is CC(C)C[C@H](C(=O)NCc1nnc2ccccn12)n1cccc1. The summed E-state index contributed by atoms with van der Waals surface area (Å²) in [6.07, 6.45) is 6.55. The van der Waals surface area contributed by atoms with Crippen molar-refractivity contribution in [3.63, 3.8) is 0 Å². The molecular formula is C17H21N5O. The second-order valence-electron chi connectivity index (χ2n) is 6.04. The fourth-order valence-corrected chi connectivity index (χ4v) is 2.66. The molecule has 0 saturated heterocycles. The number of aromatic nitrogens is 4. The summed E-state index contributed by atoms with van der Waals surface area (Å²) in [6.45, 7) is 4.60. The lowest BCUT2D eigenvalue weighted by molar-refractivity contribution is -0.125. The number of fused-ring (bicyclic) bond motifs is 1. The topological polar surface area (TPSA) is 64.2 Å². The molecule has 0 spiro atoms. The lowest BCUT2D eigenvalue weighted by Gasteiger charge is -2.20. The number of hydrogen-bond acceptors (Lipinski definition) is 3. The van der Waals surface area contributed by atoms with E-state index in [-0.39, 0.29) is 11.9 Å². The average Bonchev–Trinajstić information content (AvgIpc) is 3.20. The summed E-state index contributed by atoms with van der Waals surface area (Å²) in [5.41, 5.74) is 0.779. The quantitative estimate of drug-likeness (QED) is 0.760. The zero-order valence-corrected chi connectivity index (χ0v) is 13.4. The molecule has 0 aliphatic rings. The summed E-state index contributed by atoms with van der Waals surface area (Å²) in [7, 11) is 0. The summed E-state index contributed by atoms with van der Waals surface area (Å²) < 4.78 is 3.84. The lowest BCUT2D eigenvalue weighted by atomic mass is 10.0. The minimum absolute atomic E-state index is 0.00239. The van der Waals surface area contributed by atoms with Gasteiger partial charge in [-0.25, -0.2) is 0 Å². The summed E-state index contributed by atoms with van der Waals surface area (Å²) in [5.74, 6) is 1.16. The maximum atomic E-state index is 12.6. The van der Waals surface area contributed by atoms with E-state index in [0.717, 1.165) is 17.9 Å². The van der Waals surface area contributed by atoms with Crippen LogP contribution in [0.5, 0.6) is 0 Å². The number of nitrogens with one attached hydrogen (secondary N) is 1. The normalized spacial score (nSPS) is 12.7. The minimum Gasteiger partial charge on any atom is -0.347 e. The lowest BCUT2D eigenvalue weighted by Crippen LogP contribution is -2.33. The van der Waals surface area contributed by atoms with Crippen LogP contribution in [-0.4, -0.2) is 25.1 Å². The zero-order valence-electron chi connectivity index (χ0n) is 13.4.